The van der Waals surface area contributed by atoms with Crippen molar-refractivity contribution in [2.75, 3.05) is 20.2 Å². The predicted molar refractivity (Wildman–Crippen MR) is 68.5 cm³/mol. The van der Waals surface area contributed by atoms with Crippen molar-refractivity contribution >= 4 is 23.9 Å². The lowest BCUT2D eigenvalue weighted by Gasteiger charge is -2.32. The van der Waals surface area contributed by atoms with Crippen molar-refractivity contribution in [3.8, 4) is 0 Å². The molecule has 0 aromatic carbocycles. The molecule has 9 heteroatoms. The van der Waals surface area contributed by atoms with Crippen LogP contribution in [0.15, 0.2) is 0 Å². The summed E-state index contributed by atoms with van der Waals surface area (Å²) in [6.45, 7) is 0.497. The molecule has 0 radical (unpaired) electrons. The number of carbonyl (C=O) groups is 4. The molecule has 3 N–H and O–H groups in total. The fourth-order valence-corrected chi connectivity index (χ4v) is 2.14. The Kier molecular flexibility index (Phi) is 5.94. The van der Waals surface area contributed by atoms with E-state index in [0.29, 0.717) is 19.4 Å². The highest BCUT2D eigenvalue weighted by molar-refractivity contribution is 5.86. The summed E-state index contributed by atoms with van der Waals surface area (Å²) in [6, 6.07) is -2.20. The van der Waals surface area contributed by atoms with Crippen molar-refractivity contribution in [3.05, 3.63) is 0 Å². The van der Waals surface area contributed by atoms with Crippen LogP contribution in [0.25, 0.3) is 0 Å². The second-order valence-electron chi connectivity index (χ2n) is 4.75. The van der Waals surface area contributed by atoms with E-state index in [2.05, 4.69) is 10.1 Å². The number of aliphatic carboxylic acids is 2. The van der Waals surface area contributed by atoms with Gasteiger partial charge >= 0.3 is 23.9 Å². The molecule has 0 saturated carbocycles. The minimum Gasteiger partial charge on any atom is -0.481 e. The third-order valence-electron chi connectivity index (χ3n) is 3.22. The van der Waals surface area contributed by atoms with Crippen LogP contribution in [-0.4, -0.2) is 65.3 Å². The average molecular weight is 302 g/mol. The van der Waals surface area contributed by atoms with E-state index in [9.17, 15) is 19.2 Å². The Labute approximate surface area is 120 Å². The molecule has 0 aromatic rings. The number of likely N-dealkylation sites (tertiary alicyclic amines) is 1. The van der Waals surface area contributed by atoms with E-state index >= 15 is 0 Å². The Morgan fingerprint density at radius 1 is 1.33 bits per heavy atom. The largest absolute Gasteiger partial charge is 0.481 e. The summed E-state index contributed by atoms with van der Waals surface area (Å²) >= 11 is 0. The monoisotopic (exact) mass is 302 g/mol. The van der Waals surface area contributed by atoms with Crippen LogP contribution in [0.5, 0.6) is 0 Å². The number of methoxy groups -OCH3 is 1. The van der Waals surface area contributed by atoms with Crippen molar-refractivity contribution in [2.45, 2.75) is 25.3 Å². The third-order valence-corrected chi connectivity index (χ3v) is 3.22. The summed E-state index contributed by atoms with van der Waals surface area (Å²) in [5.41, 5.74) is 0. The van der Waals surface area contributed by atoms with E-state index in [4.69, 9.17) is 10.2 Å². The summed E-state index contributed by atoms with van der Waals surface area (Å²) in [5.74, 6) is -3.62. The Hall–Kier alpha value is -2.32. The van der Waals surface area contributed by atoms with Gasteiger partial charge in [-0.1, -0.05) is 0 Å². The summed E-state index contributed by atoms with van der Waals surface area (Å²) in [5, 5.41) is 19.6. The lowest BCUT2D eigenvalue weighted by molar-refractivity contribution is -0.147. The fourth-order valence-electron chi connectivity index (χ4n) is 2.14. The topological polar surface area (TPSA) is 133 Å². The quantitative estimate of drug-likeness (QED) is 0.583. The van der Waals surface area contributed by atoms with E-state index in [1.165, 1.54) is 12.0 Å². The standard InChI is InChI=1S/C12H18N2O7/c1-21-11(19)7-3-2-4-14(6-7)12(20)13-8(10(17)18)5-9(15)16/h7-8H,2-6H2,1H3,(H,13,20)(H,15,16)(H,17,18)/t7?,8-/m1/s1. The minimum absolute atomic E-state index is 0.123. The van der Waals surface area contributed by atoms with E-state index in [0.717, 1.165) is 0 Å². The van der Waals surface area contributed by atoms with Crippen LogP contribution < -0.4 is 5.32 Å². The van der Waals surface area contributed by atoms with Gasteiger partial charge in [-0.25, -0.2) is 9.59 Å². The maximum Gasteiger partial charge on any atom is 0.326 e. The normalized spacial score (nSPS) is 19.5. The summed E-state index contributed by atoms with van der Waals surface area (Å²) in [7, 11) is 1.26. The molecular weight excluding hydrogens is 284 g/mol. The number of esters is 1. The van der Waals surface area contributed by atoms with Gasteiger partial charge in [0, 0.05) is 13.1 Å². The Bertz CT molecular complexity index is 437. The smallest absolute Gasteiger partial charge is 0.326 e. The number of piperidine rings is 1. The molecule has 0 aliphatic carbocycles. The van der Waals surface area contributed by atoms with Crippen LogP contribution in [0.2, 0.25) is 0 Å². The molecule has 1 saturated heterocycles. The van der Waals surface area contributed by atoms with Crippen LogP contribution in [0.4, 0.5) is 4.79 Å². The molecular formula is C12H18N2O7. The van der Waals surface area contributed by atoms with Crippen LogP contribution in [-0.2, 0) is 19.1 Å². The number of hydrogen-bond donors (Lipinski definition) is 3. The predicted octanol–water partition coefficient (Wildman–Crippen LogP) is -0.491. The van der Waals surface area contributed by atoms with Crippen LogP contribution in [0.1, 0.15) is 19.3 Å². The zero-order valence-electron chi connectivity index (χ0n) is 11.6. The molecule has 21 heavy (non-hydrogen) atoms. The second kappa shape index (κ2) is 7.46. The van der Waals surface area contributed by atoms with E-state index in [-0.39, 0.29) is 6.54 Å². The molecule has 0 bridgehead atoms. The molecule has 0 spiro atoms. The first-order chi connectivity index (χ1) is 9.85. The lowest BCUT2D eigenvalue weighted by Crippen LogP contribution is -2.52. The number of nitrogens with one attached hydrogen (secondary N) is 1. The number of ether oxygens (including phenoxy) is 1. The molecule has 2 amide bonds. The van der Waals surface area contributed by atoms with Crippen molar-refractivity contribution in [2.24, 2.45) is 5.92 Å². The Balaban J connectivity index is 2.62. The molecule has 1 aliphatic rings. The number of rotatable bonds is 5. The van der Waals surface area contributed by atoms with Gasteiger partial charge in [-0.3, -0.25) is 9.59 Å². The van der Waals surface area contributed by atoms with Crippen molar-refractivity contribution in [1.82, 2.24) is 10.2 Å². The van der Waals surface area contributed by atoms with Crippen molar-refractivity contribution < 1.29 is 34.1 Å². The number of hydrogen-bond acceptors (Lipinski definition) is 5. The van der Waals surface area contributed by atoms with Gasteiger partial charge in [-0.05, 0) is 12.8 Å². The highest BCUT2D eigenvalue weighted by atomic mass is 16.5. The molecule has 1 fully saturated rings. The van der Waals surface area contributed by atoms with Crippen LogP contribution in [0.3, 0.4) is 0 Å². The number of nitrogens with zero attached hydrogens (tertiary/aromatic N) is 1. The van der Waals surface area contributed by atoms with E-state index in [1.54, 1.807) is 0 Å². The number of carbonyl (C=O) groups excluding carboxylic acids is 2. The highest BCUT2D eigenvalue weighted by Crippen LogP contribution is 2.17. The first-order valence-corrected chi connectivity index (χ1v) is 6.43. The first kappa shape index (κ1) is 16.7. The minimum atomic E-state index is -1.51. The molecule has 1 unspecified atom stereocenters. The molecule has 1 heterocycles. The molecule has 0 aromatic heterocycles. The zero-order chi connectivity index (χ0) is 16.0. The Morgan fingerprint density at radius 2 is 2.00 bits per heavy atom. The summed E-state index contributed by atoms with van der Waals surface area (Å²) < 4.78 is 4.62. The van der Waals surface area contributed by atoms with Gasteiger partial charge in [-0.2, -0.15) is 0 Å². The first-order valence-electron chi connectivity index (χ1n) is 6.43. The maximum atomic E-state index is 12.0. The molecule has 1 rings (SSSR count). The van der Waals surface area contributed by atoms with Gasteiger partial charge in [0.1, 0.15) is 6.04 Å². The van der Waals surface area contributed by atoms with Gasteiger partial charge < -0.3 is 25.2 Å². The molecule has 1 aliphatic heterocycles. The average Bonchev–Trinajstić information content (AvgIpc) is 2.45. The van der Waals surface area contributed by atoms with Crippen molar-refractivity contribution in [3.63, 3.8) is 0 Å². The van der Waals surface area contributed by atoms with Crippen LogP contribution >= 0.6 is 0 Å². The van der Waals surface area contributed by atoms with Gasteiger partial charge in [-0.15, -0.1) is 0 Å². The second-order valence-corrected chi connectivity index (χ2v) is 4.75. The number of carboxylic acid groups (broad SMARTS) is 2. The van der Waals surface area contributed by atoms with Crippen molar-refractivity contribution in [1.29, 1.82) is 0 Å². The van der Waals surface area contributed by atoms with Gasteiger partial charge in [0.2, 0.25) is 0 Å². The highest BCUT2D eigenvalue weighted by Gasteiger charge is 2.31. The number of carboxylic acids is 2. The maximum absolute atomic E-state index is 12.0. The van der Waals surface area contributed by atoms with E-state index in [1.807, 2.05) is 0 Å². The zero-order valence-corrected chi connectivity index (χ0v) is 11.6. The third kappa shape index (κ3) is 4.93. The van der Waals surface area contributed by atoms with E-state index < -0.39 is 42.3 Å². The summed E-state index contributed by atoms with van der Waals surface area (Å²) in [4.78, 5) is 46.2. The molecule has 9 nitrogen and oxygen atoms in total. The van der Waals surface area contributed by atoms with Gasteiger partial charge in [0.15, 0.2) is 0 Å². The summed E-state index contributed by atoms with van der Waals surface area (Å²) in [6.07, 6.45) is 0.465. The van der Waals surface area contributed by atoms with Crippen LogP contribution in [0, 0.1) is 5.92 Å². The van der Waals surface area contributed by atoms with Gasteiger partial charge in [0.05, 0.1) is 19.4 Å². The Morgan fingerprint density at radius 3 is 2.52 bits per heavy atom. The fraction of sp³-hybridized carbons (Fsp3) is 0.667. The molecule has 2 atom stereocenters. The number of urea groups is 1. The lowest BCUT2D eigenvalue weighted by atomic mass is 9.98. The SMILES string of the molecule is COC(=O)C1CCCN(C(=O)N[C@H](CC(=O)O)C(=O)O)C1. The van der Waals surface area contributed by atoms with Gasteiger partial charge in [0.25, 0.3) is 0 Å². The molecule has 118 valence electrons. The number of amides is 2.